The van der Waals surface area contributed by atoms with E-state index in [1.807, 2.05) is 0 Å². The topological polar surface area (TPSA) is 37.3 Å². The molecular weight excluding hydrogens is 208 g/mol. The van der Waals surface area contributed by atoms with Crippen LogP contribution in [0.25, 0.3) is 0 Å². The molecule has 0 radical (unpaired) electrons. The molecule has 0 heterocycles. The highest BCUT2D eigenvalue weighted by molar-refractivity contribution is 9.09. The number of aliphatic hydroxyl groups is 1. The van der Waals surface area contributed by atoms with Crippen molar-refractivity contribution < 1.29 is 9.90 Å². The van der Waals surface area contributed by atoms with Crippen molar-refractivity contribution in [3.05, 3.63) is 0 Å². The van der Waals surface area contributed by atoms with Crippen LogP contribution < -0.4 is 0 Å². The number of rotatable bonds is 2. The van der Waals surface area contributed by atoms with E-state index in [2.05, 4.69) is 15.9 Å². The van der Waals surface area contributed by atoms with Crippen LogP contribution in [0.3, 0.4) is 0 Å². The summed E-state index contributed by atoms with van der Waals surface area (Å²) in [6, 6.07) is 0. The van der Waals surface area contributed by atoms with Gasteiger partial charge in [-0.3, -0.25) is 4.79 Å². The molecule has 1 aliphatic rings. The maximum absolute atomic E-state index is 11.2. The first kappa shape index (κ1) is 9.20. The van der Waals surface area contributed by atoms with E-state index in [1.165, 1.54) is 0 Å². The quantitative estimate of drug-likeness (QED) is 0.717. The van der Waals surface area contributed by atoms with Gasteiger partial charge in [0.2, 0.25) is 0 Å². The number of ketones is 1. The Morgan fingerprint density at radius 2 is 2.27 bits per heavy atom. The number of alkyl halides is 1. The lowest BCUT2D eigenvalue weighted by molar-refractivity contribution is -0.122. The van der Waals surface area contributed by atoms with E-state index in [9.17, 15) is 9.90 Å². The standard InChI is InChI=1S/C8H13BrO2/c9-5-8(11)6-2-1-3-7(10)4-6/h6-7,10H,1-5H2/t6-,7+/m1/s1. The molecule has 0 aromatic heterocycles. The van der Waals surface area contributed by atoms with Crippen LogP contribution in [-0.2, 0) is 4.79 Å². The van der Waals surface area contributed by atoms with E-state index < -0.39 is 0 Å². The third-order valence-corrected chi connectivity index (χ3v) is 2.79. The molecule has 0 spiro atoms. The Hall–Kier alpha value is 0.110. The molecule has 2 atom stereocenters. The third kappa shape index (κ3) is 2.56. The highest BCUT2D eigenvalue weighted by Gasteiger charge is 2.24. The number of carbonyl (C=O) groups excluding carboxylic acids is 1. The first-order chi connectivity index (χ1) is 5.24. The molecule has 0 aliphatic heterocycles. The van der Waals surface area contributed by atoms with Gasteiger partial charge in [0.15, 0.2) is 0 Å². The van der Waals surface area contributed by atoms with Gasteiger partial charge in [0.1, 0.15) is 5.78 Å². The minimum absolute atomic E-state index is 0.109. The van der Waals surface area contributed by atoms with Gasteiger partial charge in [-0.05, 0) is 19.3 Å². The van der Waals surface area contributed by atoms with E-state index in [-0.39, 0.29) is 17.8 Å². The fourth-order valence-corrected chi connectivity index (χ4v) is 2.02. The number of carbonyl (C=O) groups is 1. The molecule has 1 aliphatic carbocycles. The Bertz CT molecular complexity index is 147. The van der Waals surface area contributed by atoms with Crippen molar-refractivity contribution in [1.82, 2.24) is 0 Å². The Balaban J connectivity index is 2.39. The lowest BCUT2D eigenvalue weighted by Crippen LogP contribution is -2.26. The molecule has 2 nitrogen and oxygen atoms in total. The van der Waals surface area contributed by atoms with Crippen molar-refractivity contribution >= 4 is 21.7 Å². The van der Waals surface area contributed by atoms with Crippen LogP contribution in [-0.4, -0.2) is 22.3 Å². The molecule has 1 fully saturated rings. The molecule has 0 saturated heterocycles. The summed E-state index contributed by atoms with van der Waals surface area (Å²) < 4.78 is 0. The zero-order valence-electron chi connectivity index (χ0n) is 6.42. The van der Waals surface area contributed by atoms with Crippen molar-refractivity contribution in [1.29, 1.82) is 0 Å². The van der Waals surface area contributed by atoms with E-state index in [4.69, 9.17) is 0 Å². The zero-order chi connectivity index (χ0) is 8.27. The normalized spacial score (nSPS) is 31.8. The highest BCUT2D eigenvalue weighted by Crippen LogP contribution is 2.25. The van der Waals surface area contributed by atoms with Crippen molar-refractivity contribution in [2.24, 2.45) is 5.92 Å². The van der Waals surface area contributed by atoms with Crippen molar-refractivity contribution in [3.63, 3.8) is 0 Å². The number of Topliss-reactive ketones (excluding diaryl/α,β-unsaturated/α-hetero) is 1. The first-order valence-electron chi connectivity index (χ1n) is 4.00. The van der Waals surface area contributed by atoms with Gasteiger partial charge in [0.05, 0.1) is 11.4 Å². The maximum atomic E-state index is 11.2. The Labute approximate surface area is 75.1 Å². The first-order valence-corrected chi connectivity index (χ1v) is 5.13. The molecular formula is C8H13BrO2. The molecule has 64 valence electrons. The van der Waals surface area contributed by atoms with Gasteiger partial charge in [0.25, 0.3) is 0 Å². The summed E-state index contributed by atoms with van der Waals surface area (Å²) in [6.45, 7) is 0. The molecule has 0 bridgehead atoms. The molecule has 0 aromatic rings. The molecule has 0 aromatic carbocycles. The van der Waals surface area contributed by atoms with Crippen LogP contribution in [0, 0.1) is 5.92 Å². The lowest BCUT2D eigenvalue weighted by Gasteiger charge is -2.23. The summed E-state index contributed by atoms with van der Waals surface area (Å²) in [5.41, 5.74) is 0. The smallest absolute Gasteiger partial charge is 0.146 e. The molecule has 0 unspecified atom stereocenters. The number of hydrogen-bond acceptors (Lipinski definition) is 2. The molecule has 1 rings (SSSR count). The lowest BCUT2D eigenvalue weighted by atomic mass is 9.85. The van der Waals surface area contributed by atoms with Gasteiger partial charge in [0, 0.05) is 5.92 Å². The summed E-state index contributed by atoms with van der Waals surface area (Å²) >= 11 is 3.14. The van der Waals surface area contributed by atoms with Crippen LogP contribution >= 0.6 is 15.9 Å². The number of aliphatic hydroxyl groups excluding tert-OH is 1. The van der Waals surface area contributed by atoms with Crippen LogP contribution in [0.4, 0.5) is 0 Å². The highest BCUT2D eigenvalue weighted by atomic mass is 79.9. The number of hydrogen-bond donors (Lipinski definition) is 1. The van der Waals surface area contributed by atoms with Crippen LogP contribution in [0.2, 0.25) is 0 Å². The fourth-order valence-electron chi connectivity index (χ4n) is 1.57. The summed E-state index contributed by atoms with van der Waals surface area (Å²) in [5.74, 6) is 0.349. The monoisotopic (exact) mass is 220 g/mol. The van der Waals surface area contributed by atoms with Gasteiger partial charge < -0.3 is 5.11 Å². The largest absolute Gasteiger partial charge is 0.393 e. The average molecular weight is 221 g/mol. The second kappa shape index (κ2) is 4.21. The zero-order valence-corrected chi connectivity index (χ0v) is 8.01. The average Bonchev–Trinajstić information content (AvgIpc) is 2.03. The van der Waals surface area contributed by atoms with E-state index in [1.54, 1.807) is 0 Å². The summed E-state index contributed by atoms with van der Waals surface area (Å²) in [5, 5.41) is 9.69. The SMILES string of the molecule is O=C(CBr)[C@@H]1CCC[C@H](O)C1. The summed E-state index contributed by atoms with van der Waals surface area (Å²) in [4.78, 5) is 11.2. The molecule has 0 amide bonds. The molecule has 3 heteroatoms. The third-order valence-electron chi connectivity index (χ3n) is 2.23. The minimum atomic E-state index is -0.239. The van der Waals surface area contributed by atoms with Crippen molar-refractivity contribution in [2.45, 2.75) is 31.8 Å². The Kier molecular flexibility index (Phi) is 3.52. The van der Waals surface area contributed by atoms with E-state index in [0.29, 0.717) is 11.8 Å². The van der Waals surface area contributed by atoms with Gasteiger partial charge in [-0.2, -0.15) is 0 Å². The fraction of sp³-hybridized carbons (Fsp3) is 0.875. The number of halogens is 1. The Morgan fingerprint density at radius 1 is 1.55 bits per heavy atom. The predicted molar refractivity (Wildman–Crippen MR) is 46.8 cm³/mol. The molecule has 11 heavy (non-hydrogen) atoms. The van der Waals surface area contributed by atoms with Crippen LogP contribution in [0.1, 0.15) is 25.7 Å². The van der Waals surface area contributed by atoms with E-state index in [0.717, 1.165) is 19.3 Å². The van der Waals surface area contributed by atoms with Gasteiger partial charge >= 0.3 is 0 Å². The second-order valence-corrected chi connectivity index (χ2v) is 3.68. The predicted octanol–water partition coefficient (Wildman–Crippen LogP) is 1.50. The van der Waals surface area contributed by atoms with Crippen molar-refractivity contribution in [2.75, 3.05) is 5.33 Å². The second-order valence-electron chi connectivity index (χ2n) is 3.12. The Morgan fingerprint density at radius 3 is 2.82 bits per heavy atom. The van der Waals surface area contributed by atoms with Gasteiger partial charge in [-0.15, -0.1) is 0 Å². The summed E-state index contributed by atoms with van der Waals surface area (Å²) in [7, 11) is 0. The van der Waals surface area contributed by atoms with E-state index >= 15 is 0 Å². The molecule has 1 saturated carbocycles. The van der Waals surface area contributed by atoms with Gasteiger partial charge in [-0.1, -0.05) is 22.4 Å². The van der Waals surface area contributed by atoms with Crippen LogP contribution in [0.5, 0.6) is 0 Å². The maximum Gasteiger partial charge on any atom is 0.146 e. The summed E-state index contributed by atoms with van der Waals surface area (Å²) in [6.07, 6.45) is 3.25. The molecule has 1 N–H and O–H groups in total. The minimum Gasteiger partial charge on any atom is -0.393 e. The van der Waals surface area contributed by atoms with Crippen LogP contribution in [0.15, 0.2) is 0 Å². The van der Waals surface area contributed by atoms with Gasteiger partial charge in [-0.25, -0.2) is 0 Å². The van der Waals surface area contributed by atoms with Crippen molar-refractivity contribution in [3.8, 4) is 0 Å².